The highest BCUT2D eigenvalue weighted by Crippen LogP contribution is 2.00. The van der Waals surface area contributed by atoms with Crippen molar-refractivity contribution >= 4 is 5.91 Å². The predicted octanol–water partition coefficient (Wildman–Crippen LogP) is 1.31. The van der Waals surface area contributed by atoms with Gasteiger partial charge >= 0.3 is 5.91 Å². The number of amides is 1. The molecule has 72 valence electrons. The maximum Gasteiger partial charge on any atom is 0.301 e. The third-order valence-corrected chi connectivity index (χ3v) is 1.30. The van der Waals surface area contributed by atoms with Crippen LogP contribution in [-0.2, 0) is 0 Å². The summed E-state index contributed by atoms with van der Waals surface area (Å²) in [6.07, 6.45) is 1.46. The molecule has 2 N–H and O–H groups in total. The zero-order valence-electron chi connectivity index (χ0n) is 8.05. The minimum Gasteiger partial charge on any atom is -0.459 e. The summed E-state index contributed by atoms with van der Waals surface area (Å²) in [7, 11) is 0. The van der Waals surface area contributed by atoms with E-state index in [2.05, 4.69) is 10.9 Å². The third kappa shape index (κ3) is 3.29. The van der Waals surface area contributed by atoms with Crippen molar-refractivity contribution in [2.24, 2.45) is 0 Å². The van der Waals surface area contributed by atoms with Crippen LogP contribution in [0.3, 0.4) is 0 Å². The first-order valence-corrected chi connectivity index (χ1v) is 4.10. The zero-order chi connectivity index (χ0) is 9.90. The van der Waals surface area contributed by atoms with E-state index in [1.807, 2.05) is 20.8 Å². The highest BCUT2D eigenvalue weighted by Gasteiger charge is 2.12. The van der Waals surface area contributed by atoms with E-state index in [1.165, 1.54) is 6.26 Å². The normalized spacial score (nSPS) is 11.3. The first-order valence-electron chi connectivity index (χ1n) is 4.10. The molecule has 1 heterocycles. The number of hydrogen-bond acceptors (Lipinski definition) is 3. The molecule has 0 saturated heterocycles. The maximum atomic E-state index is 11.3. The van der Waals surface area contributed by atoms with E-state index in [9.17, 15) is 4.79 Å². The molecular formula is C9H14N2O2. The largest absolute Gasteiger partial charge is 0.459 e. The third-order valence-electron chi connectivity index (χ3n) is 1.30. The highest BCUT2D eigenvalue weighted by molar-refractivity contribution is 5.90. The minimum absolute atomic E-state index is 0.151. The summed E-state index contributed by atoms with van der Waals surface area (Å²) >= 11 is 0. The van der Waals surface area contributed by atoms with Gasteiger partial charge in [-0.1, -0.05) is 0 Å². The second kappa shape index (κ2) is 3.62. The minimum atomic E-state index is -0.264. The van der Waals surface area contributed by atoms with E-state index in [0.717, 1.165) is 0 Å². The van der Waals surface area contributed by atoms with Crippen molar-refractivity contribution < 1.29 is 9.21 Å². The van der Waals surface area contributed by atoms with Crippen LogP contribution in [0.4, 0.5) is 0 Å². The molecule has 4 nitrogen and oxygen atoms in total. The first kappa shape index (κ1) is 9.80. The molecule has 0 fully saturated rings. The van der Waals surface area contributed by atoms with E-state index in [1.54, 1.807) is 12.1 Å². The molecule has 0 bridgehead atoms. The van der Waals surface area contributed by atoms with Crippen LogP contribution in [0.5, 0.6) is 0 Å². The van der Waals surface area contributed by atoms with Crippen molar-refractivity contribution in [2.75, 3.05) is 0 Å². The molecule has 0 spiro atoms. The molecule has 1 aromatic rings. The van der Waals surface area contributed by atoms with Crippen molar-refractivity contribution in [3.05, 3.63) is 24.2 Å². The average Bonchev–Trinajstić information content (AvgIpc) is 2.50. The van der Waals surface area contributed by atoms with Crippen molar-refractivity contribution in [3.8, 4) is 0 Å². The number of hydrogen-bond donors (Lipinski definition) is 2. The van der Waals surface area contributed by atoms with E-state index < -0.39 is 0 Å². The fourth-order valence-corrected chi connectivity index (χ4v) is 0.714. The summed E-state index contributed by atoms with van der Waals surface area (Å²) in [4.78, 5) is 11.3. The van der Waals surface area contributed by atoms with Gasteiger partial charge in [0.2, 0.25) is 0 Å². The number of furan rings is 1. The summed E-state index contributed by atoms with van der Waals surface area (Å²) in [6, 6.07) is 3.28. The standard InChI is InChI=1S/C9H14N2O2/c1-9(2,3)11-10-8(12)7-5-4-6-13-7/h4-6,11H,1-3H3,(H,10,12). The summed E-state index contributed by atoms with van der Waals surface area (Å²) in [5.74, 6) is 0.0386. The lowest BCUT2D eigenvalue weighted by atomic mass is 10.1. The van der Waals surface area contributed by atoms with Gasteiger partial charge in [-0.15, -0.1) is 0 Å². The van der Waals surface area contributed by atoms with Gasteiger partial charge in [-0.05, 0) is 32.9 Å². The fraction of sp³-hybridized carbons (Fsp3) is 0.444. The monoisotopic (exact) mass is 182 g/mol. The molecule has 0 radical (unpaired) electrons. The van der Waals surface area contributed by atoms with Crippen LogP contribution in [0.15, 0.2) is 22.8 Å². The van der Waals surface area contributed by atoms with Crippen LogP contribution in [-0.4, -0.2) is 11.4 Å². The van der Waals surface area contributed by atoms with E-state index >= 15 is 0 Å². The van der Waals surface area contributed by atoms with Gasteiger partial charge in [0.05, 0.1) is 6.26 Å². The Morgan fingerprint density at radius 3 is 2.62 bits per heavy atom. The van der Waals surface area contributed by atoms with Crippen LogP contribution < -0.4 is 10.9 Å². The molecule has 0 aliphatic carbocycles. The number of carbonyl (C=O) groups is 1. The molecule has 1 rings (SSSR count). The van der Waals surface area contributed by atoms with Gasteiger partial charge in [0, 0.05) is 5.54 Å². The highest BCUT2D eigenvalue weighted by atomic mass is 16.3. The lowest BCUT2D eigenvalue weighted by molar-refractivity contribution is 0.0886. The lowest BCUT2D eigenvalue weighted by Crippen LogP contribution is -2.48. The number of nitrogens with one attached hydrogen (secondary N) is 2. The summed E-state index contributed by atoms with van der Waals surface area (Å²) < 4.78 is 4.91. The molecular weight excluding hydrogens is 168 g/mol. The van der Waals surface area contributed by atoms with Crippen LogP contribution in [0.1, 0.15) is 31.3 Å². The molecule has 0 aliphatic rings. The van der Waals surface area contributed by atoms with Crippen LogP contribution in [0.2, 0.25) is 0 Å². The Labute approximate surface area is 77.3 Å². The summed E-state index contributed by atoms with van der Waals surface area (Å²) in [5, 5.41) is 0. The molecule has 0 unspecified atom stereocenters. The lowest BCUT2D eigenvalue weighted by Gasteiger charge is -2.20. The fourth-order valence-electron chi connectivity index (χ4n) is 0.714. The van der Waals surface area contributed by atoms with Crippen molar-refractivity contribution in [1.29, 1.82) is 0 Å². The maximum absolute atomic E-state index is 11.3. The van der Waals surface area contributed by atoms with Gasteiger partial charge in [-0.2, -0.15) is 0 Å². The molecule has 0 atom stereocenters. The summed E-state index contributed by atoms with van der Waals surface area (Å²) in [5.41, 5.74) is 5.24. The van der Waals surface area contributed by atoms with Crippen LogP contribution in [0.25, 0.3) is 0 Å². The van der Waals surface area contributed by atoms with Gasteiger partial charge in [-0.25, -0.2) is 5.43 Å². The van der Waals surface area contributed by atoms with Gasteiger partial charge in [0.1, 0.15) is 0 Å². The average molecular weight is 182 g/mol. The molecule has 4 heteroatoms. The Morgan fingerprint density at radius 1 is 1.46 bits per heavy atom. The molecule has 1 aromatic heterocycles. The van der Waals surface area contributed by atoms with E-state index in [0.29, 0.717) is 5.76 Å². The second-order valence-electron chi connectivity index (χ2n) is 3.81. The van der Waals surface area contributed by atoms with E-state index in [4.69, 9.17) is 4.42 Å². The Bertz CT molecular complexity index is 272. The number of hydrazine groups is 1. The van der Waals surface area contributed by atoms with Crippen LogP contribution in [0, 0.1) is 0 Å². The smallest absolute Gasteiger partial charge is 0.301 e. The topological polar surface area (TPSA) is 54.3 Å². The molecule has 0 aromatic carbocycles. The zero-order valence-corrected chi connectivity index (χ0v) is 8.05. The molecule has 13 heavy (non-hydrogen) atoms. The van der Waals surface area contributed by atoms with Gasteiger partial charge in [-0.3, -0.25) is 10.2 Å². The Hall–Kier alpha value is -1.29. The Kier molecular flexibility index (Phi) is 2.72. The van der Waals surface area contributed by atoms with Gasteiger partial charge in [0.15, 0.2) is 5.76 Å². The second-order valence-corrected chi connectivity index (χ2v) is 3.81. The Morgan fingerprint density at radius 2 is 2.15 bits per heavy atom. The molecule has 0 saturated carbocycles. The van der Waals surface area contributed by atoms with Gasteiger partial charge in [0.25, 0.3) is 0 Å². The SMILES string of the molecule is CC(C)(C)NNC(=O)c1ccco1. The predicted molar refractivity (Wildman–Crippen MR) is 49.1 cm³/mol. The van der Waals surface area contributed by atoms with E-state index in [-0.39, 0.29) is 11.4 Å². The molecule has 0 aliphatic heterocycles. The quantitative estimate of drug-likeness (QED) is 0.678. The first-order chi connectivity index (χ1) is 5.99. The van der Waals surface area contributed by atoms with Crippen molar-refractivity contribution in [2.45, 2.75) is 26.3 Å². The summed E-state index contributed by atoms with van der Waals surface area (Å²) in [6.45, 7) is 5.86. The number of carbonyl (C=O) groups excluding carboxylic acids is 1. The van der Waals surface area contributed by atoms with Crippen molar-refractivity contribution in [3.63, 3.8) is 0 Å². The molecule has 1 amide bonds. The Balaban J connectivity index is 2.44. The van der Waals surface area contributed by atoms with Crippen LogP contribution >= 0.6 is 0 Å². The van der Waals surface area contributed by atoms with Crippen molar-refractivity contribution in [1.82, 2.24) is 10.9 Å². The van der Waals surface area contributed by atoms with Gasteiger partial charge < -0.3 is 4.42 Å². The number of rotatable bonds is 2.